The first-order valence-electron chi connectivity index (χ1n) is 7.08. The number of hydrogen-bond acceptors (Lipinski definition) is 3. The third-order valence-electron chi connectivity index (χ3n) is 4.43. The van der Waals surface area contributed by atoms with Crippen LogP contribution in [0.1, 0.15) is 30.4 Å². The van der Waals surface area contributed by atoms with E-state index in [9.17, 15) is 0 Å². The van der Waals surface area contributed by atoms with Crippen LogP contribution in [0.25, 0.3) is 0 Å². The number of hydrogen-bond donors (Lipinski definition) is 1. The van der Waals surface area contributed by atoms with Gasteiger partial charge in [0.1, 0.15) is 5.75 Å². The van der Waals surface area contributed by atoms with Crippen LogP contribution < -0.4 is 15.4 Å². The first-order chi connectivity index (χ1) is 9.01. The lowest BCUT2D eigenvalue weighted by molar-refractivity contribution is 0.154. The summed E-state index contributed by atoms with van der Waals surface area (Å²) in [4.78, 5) is 2.32. The van der Waals surface area contributed by atoms with Crippen molar-refractivity contribution in [2.24, 2.45) is 11.1 Å². The molecule has 0 aliphatic heterocycles. The first-order valence-corrected chi connectivity index (χ1v) is 7.08. The van der Waals surface area contributed by atoms with Crippen molar-refractivity contribution in [3.63, 3.8) is 0 Å². The van der Waals surface area contributed by atoms with Crippen LogP contribution in [-0.4, -0.2) is 27.2 Å². The first kappa shape index (κ1) is 14.2. The van der Waals surface area contributed by atoms with Crippen molar-refractivity contribution in [2.45, 2.75) is 33.1 Å². The number of anilines is 1. The number of aryl methyl sites for hydroxylation is 2. The summed E-state index contributed by atoms with van der Waals surface area (Å²) < 4.78 is 5.56. The lowest BCUT2D eigenvalue weighted by atomic mass is 9.68. The molecular weight excluding hydrogens is 236 g/mol. The average Bonchev–Trinajstić information content (AvgIpc) is 2.32. The number of nitrogens with zero attached hydrogens (tertiary/aromatic N) is 1. The maximum atomic E-state index is 5.97. The summed E-state index contributed by atoms with van der Waals surface area (Å²) in [5.74, 6) is 0.964. The van der Waals surface area contributed by atoms with Crippen molar-refractivity contribution in [3.05, 3.63) is 23.3 Å². The van der Waals surface area contributed by atoms with Crippen molar-refractivity contribution in [2.75, 3.05) is 32.1 Å². The van der Waals surface area contributed by atoms with E-state index >= 15 is 0 Å². The largest absolute Gasteiger partial charge is 0.495 e. The lowest BCUT2D eigenvalue weighted by Crippen LogP contribution is -2.46. The molecule has 0 saturated heterocycles. The van der Waals surface area contributed by atoms with Gasteiger partial charge in [-0.2, -0.15) is 0 Å². The Bertz CT molecular complexity index is 447. The summed E-state index contributed by atoms with van der Waals surface area (Å²) in [7, 11) is 3.89. The Balaban J connectivity index is 2.25. The number of benzene rings is 1. The molecule has 0 amide bonds. The van der Waals surface area contributed by atoms with Gasteiger partial charge >= 0.3 is 0 Å². The molecule has 3 nitrogen and oxygen atoms in total. The summed E-state index contributed by atoms with van der Waals surface area (Å²) in [6.07, 6.45) is 3.82. The summed E-state index contributed by atoms with van der Waals surface area (Å²) >= 11 is 0. The molecule has 2 N–H and O–H groups in total. The highest BCUT2D eigenvalue weighted by atomic mass is 16.5. The number of nitrogens with two attached hydrogens (primary N) is 1. The third-order valence-corrected chi connectivity index (χ3v) is 4.43. The van der Waals surface area contributed by atoms with Crippen LogP contribution in [-0.2, 0) is 0 Å². The zero-order valence-electron chi connectivity index (χ0n) is 12.6. The van der Waals surface area contributed by atoms with Crippen molar-refractivity contribution < 1.29 is 4.74 Å². The zero-order chi connectivity index (χ0) is 14.0. The Hall–Kier alpha value is -1.22. The summed E-state index contributed by atoms with van der Waals surface area (Å²) in [6, 6.07) is 4.32. The molecule has 0 spiro atoms. The fourth-order valence-corrected chi connectivity index (χ4v) is 3.25. The Morgan fingerprint density at radius 2 is 2.00 bits per heavy atom. The van der Waals surface area contributed by atoms with Gasteiger partial charge in [0.05, 0.1) is 12.8 Å². The lowest BCUT2D eigenvalue weighted by Gasteiger charge is -2.44. The van der Waals surface area contributed by atoms with Crippen molar-refractivity contribution in [3.8, 4) is 5.75 Å². The molecule has 1 aliphatic rings. The van der Waals surface area contributed by atoms with Gasteiger partial charge in [-0.1, -0.05) is 12.5 Å². The summed E-state index contributed by atoms with van der Waals surface area (Å²) in [5, 5.41) is 0. The average molecular weight is 262 g/mol. The molecule has 0 radical (unpaired) electrons. The maximum absolute atomic E-state index is 5.97. The predicted octanol–water partition coefficient (Wildman–Crippen LogP) is 2.88. The molecule has 0 heterocycles. The van der Waals surface area contributed by atoms with E-state index in [1.807, 2.05) is 0 Å². The predicted molar refractivity (Wildman–Crippen MR) is 81.1 cm³/mol. The molecule has 0 unspecified atom stereocenters. The molecule has 0 aromatic heterocycles. The van der Waals surface area contributed by atoms with Gasteiger partial charge in [0.15, 0.2) is 0 Å². The molecular formula is C16H26N2O. The van der Waals surface area contributed by atoms with Gasteiger partial charge in [-0.25, -0.2) is 0 Å². The smallest absolute Gasteiger partial charge is 0.142 e. The topological polar surface area (TPSA) is 38.5 Å². The van der Waals surface area contributed by atoms with E-state index in [4.69, 9.17) is 10.5 Å². The monoisotopic (exact) mass is 262 g/mol. The molecule has 1 fully saturated rings. The van der Waals surface area contributed by atoms with Gasteiger partial charge in [-0.15, -0.1) is 0 Å². The quantitative estimate of drug-likeness (QED) is 0.886. The van der Waals surface area contributed by atoms with Crippen LogP contribution in [0.5, 0.6) is 5.75 Å². The van der Waals surface area contributed by atoms with E-state index in [-0.39, 0.29) is 0 Å². The van der Waals surface area contributed by atoms with Gasteiger partial charge in [0, 0.05) is 19.0 Å². The van der Waals surface area contributed by atoms with E-state index in [1.54, 1.807) is 7.11 Å². The Morgan fingerprint density at radius 3 is 2.47 bits per heavy atom. The molecule has 106 valence electrons. The Morgan fingerprint density at radius 1 is 1.32 bits per heavy atom. The van der Waals surface area contributed by atoms with Crippen LogP contribution in [0.15, 0.2) is 12.1 Å². The van der Waals surface area contributed by atoms with Crippen LogP contribution in [0.3, 0.4) is 0 Å². The standard InChI is InChI=1S/C16H26N2O/c1-12-8-13(2)15(14(9-12)19-4)18(3)11-16(10-17)6-5-7-16/h8-9H,5-7,10-11,17H2,1-4H3. The second kappa shape index (κ2) is 5.41. The minimum atomic E-state index is 0.317. The summed E-state index contributed by atoms with van der Waals surface area (Å²) in [6.45, 7) is 6.05. The van der Waals surface area contributed by atoms with E-state index < -0.39 is 0 Å². The molecule has 1 aromatic rings. The zero-order valence-corrected chi connectivity index (χ0v) is 12.6. The second-order valence-corrected chi connectivity index (χ2v) is 6.05. The molecule has 1 saturated carbocycles. The van der Waals surface area contributed by atoms with Crippen molar-refractivity contribution in [1.82, 2.24) is 0 Å². The highest BCUT2D eigenvalue weighted by Crippen LogP contribution is 2.42. The van der Waals surface area contributed by atoms with Crippen molar-refractivity contribution >= 4 is 5.69 Å². The van der Waals surface area contributed by atoms with Gasteiger partial charge < -0.3 is 15.4 Å². The second-order valence-electron chi connectivity index (χ2n) is 6.05. The van der Waals surface area contributed by atoms with Gasteiger partial charge in [-0.05, 0) is 50.4 Å². The molecule has 19 heavy (non-hydrogen) atoms. The van der Waals surface area contributed by atoms with Crippen LogP contribution >= 0.6 is 0 Å². The van der Waals surface area contributed by atoms with E-state index in [0.717, 1.165) is 18.8 Å². The Kier molecular flexibility index (Phi) is 4.04. The normalized spacial score (nSPS) is 16.9. The fraction of sp³-hybridized carbons (Fsp3) is 0.625. The van der Waals surface area contributed by atoms with Gasteiger partial charge in [0.25, 0.3) is 0 Å². The number of methoxy groups -OCH3 is 1. The van der Waals surface area contributed by atoms with Crippen LogP contribution in [0.4, 0.5) is 5.69 Å². The molecule has 0 bridgehead atoms. The number of ether oxygens (including phenoxy) is 1. The maximum Gasteiger partial charge on any atom is 0.142 e. The third kappa shape index (κ3) is 2.71. The van der Waals surface area contributed by atoms with Crippen LogP contribution in [0, 0.1) is 19.3 Å². The minimum Gasteiger partial charge on any atom is -0.495 e. The molecule has 3 heteroatoms. The highest BCUT2D eigenvalue weighted by molar-refractivity contribution is 5.64. The van der Waals surface area contributed by atoms with E-state index in [0.29, 0.717) is 5.41 Å². The molecule has 1 aliphatic carbocycles. The van der Waals surface area contributed by atoms with E-state index in [1.165, 1.54) is 36.1 Å². The minimum absolute atomic E-state index is 0.317. The molecule has 2 rings (SSSR count). The Labute approximate surface area is 116 Å². The van der Waals surface area contributed by atoms with Crippen molar-refractivity contribution in [1.29, 1.82) is 0 Å². The molecule has 1 aromatic carbocycles. The van der Waals surface area contributed by atoms with Gasteiger partial charge in [-0.3, -0.25) is 0 Å². The fourth-order valence-electron chi connectivity index (χ4n) is 3.25. The summed E-state index contributed by atoms with van der Waals surface area (Å²) in [5.41, 5.74) is 10.00. The SMILES string of the molecule is COc1cc(C)cc(C)c1N(C)CC1(CN)CCC1. The van der Waals surface area contributed by atoms with Crippen LogP contribution in [0.2, 0.25) is 0 Å². The van der Waals surface area contributed by atoms with Gasteiger partial charge in [0.2, 0.25) is 0 Å². The van der Waals surface area contributed by atoms with E-state index in [2.05, 4.69) is 37.9 Å². The number of rotatable bonds is 5. The highest BCUT2D eigenvalue weighted by Gasteiger charge is 2.37. The molecule has 0 atom stereocenters.